The van der Waals surface area contributed by atoms with Crippen LogP contribution >= 0.6 is 11.6 Å². The fourth-order valence-electron chi connectivity index (χ4n) is 2.08. The molecule has 3 aromatic rings. The average Bonchev–Trinajstić information content (AvgIpc) is 2.63. The number of nitrogens with zero attached hydrogens (tertiary/aromatic N) is 2. The van der Waals surface area contributed by atoms with Crippen molar-refractivity contribution in [2.45, 2.75) is 6.54 Å². The summed E-state index contributed by atoms with van der Waals surface area (Å²) < 4.78 is 13.6. The molecule has 126 valence electrons. The van der Waals surface area contributed by atoms with Crippen LogP contribution in [-0.4, -0.2) is 15.9 Å². The molecule has 1 heterocycles. The SMILES string of the molecule is O=C(Nc1ccccc1F)c1cnc(NCc2ccc(Cl)cc2)nc1. The van der Waals surface area contributed by atoms with Crippen LogP contribution in [0.5, 0.6) is 0 Å². The van der Waals surface area contributed by atoms with Crippen LogP contribution in [0.15, 0.2) is 60.9 Å². The van der Waals surface area contributed by atoms with Crippen LogP contribution in [0.3, 0.4) is 0 Å². The monoisotopic (exact) mass is 356 g/mol. The maximum atomic E-state index is 13.6. The molecule has 2 aromatic carbocycles. The quantitative estimate of drug-likeness (QED) is 0.721. The van der Waals surface area contributed by atoms with Crippen molar-refractivity contribution in [3.63, 3.8) is 0 Å². The van der Waals surface area contributed by atoms with E-state index in [0.717, 1.165) is 5.56 Å². The number of halogens is 2. The number of rotatable bonds is 5. The summed E-state index contributed by atoms with van der Waals surface area (Å²) in [6, 6.07) is 13.3. The molecule has 0 atom stereocenters. The van der Waals surface area contributed by atoms with Gasteiger partial charge in [-0.05, 0) is 29.8 Å². The van der Waals surface area contributed by atoms with Crippen molar-refractivity contribution < 1.29 is 9.18 Å². The number of hydrogen-bond acceptors (Lipinski definition) is 4. The first-order valence-corrected chi connectivity index (χ1v) is 7.86. The highest BCUT2D eigenvalue weighted by molar-refractivity contribution is 6.30. The molecule has 0 aliphatic carbocycles. The van der Waals surface area contributed by atoms with Crippen LogP contribution in [-0.2, 0) is 6.54 Å². The fraction of sp³-hybridized carbons (Fsp3) is 0.0556. The Balaban J connectivity index is 1.60. The highest BCUT2D eigenvalue weighted by Crippen LogP contribution is 2.14. The molecule has 0 spiro atoms. The van der Waals surface area contributed by atoms with Gasteiger partial charge in [0.25, 0.3) is 5.91 Å². The predicted molar refractivity (Wildman–Crippen MR) is 95.2 cm³/mol. The van der Waals surface area contributed by atoms with Crippen LogP contribution in [0, 0.1) is 5.82 Å². The number of para-hydroxylation sites is 1. The largest absolute Gasteiger partial charge is 0.350 e. The van der Waals surface area contributed by atoms with Crippen LogP contribution in [0.25, 0.3) is 0 Å². The van der Waals surface area contributed by atoms with Gasteiger partial charge < -0.3 is 10.6 Å². The molecule has 0 saturated carbocycles. The lowest BCUT2D eigenvalue weighted by atomic mass is 10.2. The standard InChI is InChI=1S/C18H14ClFN4O/c19-14-7-5-12(6-8-14)9-21-18-22-10-13(11-23-18)17(25)24-16-4-2-1-3-15(16)20/h1-8,10-11H,9H2,(H,24,25)(H,21,22,23). The van der Waals surface area contributed by atoms with Gasteiger partial charge in [-0.25, -0.2) is 14.4 Å². The molecule has 0 radical (unpaired) electrons. The second kappa shape index (κ2) is 7.72. The van der Waals surface area contributed by atoms with Crippen LogP contribution in [0.4, 0.5) is 16.0 Å². The summed E-state index contributed by atoms with van der Waals surface area (Å²) in [6.45, 7) is 0.526. The molecule has 5 nitrogen and oxygen atoms in total. The van der Waals surface area contributed by atoms with E-state index >= 15 is 0 Å². The highest BCUT2D eigenvalue weighted by atomic mass is 35.5. The van der Waals surface area contributed by atoms with Gasteiger partial charge in [-0.15, -0.1) is 0 Å². The molecule has 0 aliphatic heterocycles. The predicted octanol–water partition coefficient (Wildman–Crippen LogP) is 4.13. The molecule has 25 heavy (non-hydrogen) atoms. The topological polar surface area (TPSA) is 66.9 Å². The normalized spacial score (nSPS) is 10.3. The van der Waals surface area contributed by atoms with Crippen LogP contribution in [0.1, 0.15) is 15.9 Å². The van der Waals surface area contributed by atoms with Gasteiger partial charge in [-0.3, -0.25) is 4.79 Å². The molecule has 0 aliphatic rings. The van der Waals surface area contributed by atoms with E-state index in [1.165, 1.54) is 24.5 Å². The van der Waals surface area contributed by atoms with E-state index in [-0.39, 0.29) is 11.3 Å². The number of nitrogens with one attached hydrogen (secondary N) is 2. The number of benzene rings is 2. The molecule has 2 N–H and O–H groups in total. The van der Waals surface area contributed by atoms with E-state index in [1.54, 1.807) is 24.3 Å². The van der Waals surface area contributed by atoms with Gasteiger partial charge in [0.05, 0.1) is 11.3 Å². The van der Waals surface area contributed by atoms with Crippen LogP contribution < -0.4 is 10.6 Å². The maximum Gasteiger partial charge on any atom is 0.258 e. The first-order valence-electron chi connectivity index (χ1n) is 7.48. The highest BCUT2D eigenvalue weighted by Gasteiger charge is 2.10. The zero-order valence-corrected chi connectivity index (χ0v) is 13.8. The lowest BCUT2D eigenvalue weighted by Gasteiger charge is -2.07. The molecular formula is C18H14ClFN4O. The Hall–Kier alpha value is -2.99. The number of amides is 1. The van der Waals surface area contributed by atoms with E-state index in [1.807, 2.05) is 12.1 Å². The summed E-state index contributed by atoms with van der Waals surface area (Å²) in [5, 5.41) is 6.20. The summed E-state index contributed by atoms with van der Waals surface area (Å²) in [5.74, 6) is -0.593. The van der Waals surface area contributed by atoms with Gasteiger partial charge in [0.2, 0.25) is 5.95 Å². The van der Waals surface area contributed by atoms with Crippen molar-refractivity contribution in [2.75, 3.05) is 10.6 Å². The zero-order valence-electron chi connectivity index (χ0n) is 13.0. The van der Waals surface area contributed by atoms with Crippen molar-refractivity contribution in [1.82, 2.24) is 9.97 Å². The molecule has 3 rings (SSSR count). The van der Waals surface area contributed by atoms with Crippen LogP contribution in [0.2, 0.25) is 5.02 Å². The Labute approximate surface area is 148 Å². The van der Waals surface area contributed by atoms with Gasteiger partial charge in [-0.1, -0.05) is 35.9 Å². The number of hydrogen-bond donors (Lipinski definition) is 2. The third-order valence-corrected chi connectivity index (χ3v) is 3.65. The summed E-state index contributed by atoms with van der Waals surface area (Å²) in [4.78, 5) is 20.3. The van der Waals surface area contributed by atoms with E-state index in [9.17, 15) is 9.18 Å². The molecule has 0 bridgehead atoms. The lowest BCUT2D eigenvalue weighted by molar-refractivity contribution is 0.102. The van der Waals surface area contributed by atoms with Crippen molar-refractivity contribution in [3.8, 4) is 0 Å². The van der Waals surface area contributed by atoms with Crippen molar-refractivity contribution in [3.05, 3.63) is 82.9 Å². The Morgan fingerprint density at radius 2 is 1.72 bits per heavy atom. The number of aromatic nitrogens is 2. The summed E-state index contributed by atoms with van der Waals surface area (Å²) in [5.41, 5.74) is 1.37. The second-order valence-electron chi connectivity index (χ2n) is 5.21. The Morgan fingerprint density at radius 3 is 2.40 bits per heavy atom. The average molecular weight is 357 g/mol. The molecule has 0 fully saturated rings. The molecular weight excluding hydrogens is 343 g/mol. The molecule has 0 saturated heterocycles. The third kappa shape index (κ3) is 4.51. The van der Waals surface area contributed by atoms with E-state index in [2.05, 4.69) is 20.6 Å². The van der Waals surface area contributed by atoms with E-state index in [0.29, 0.717) is 17.5 Å². The minimum atomic E-state index is -0.502. The van der Waals surface area contributed by atoms with Gasteiger partial charge in [0, 0.05) is 24.0 Å². The zero-order chi connectivity index (χ0) is 17.6. The van der Waals surface area contributed by atoms with Gasteiger partial charge in [0.1, 0.15) is 5.82 Å². The fourth-order valence-corrected chi connectivity index (χ4v) is 2.20. The Kier molecular flexibility index (Phi) is 5.20. The third-order valence-electron chi connectivity index (χ3n) is 3.40. The summed E-state index contributed by atoms with van der Waals surface area (Å²) >= 11 is 5.84. The number of anilines is 2. The van der Waals surface area contributed by atoms with Gasteiger partial charge >= 0.3 is 0 Å². The van der Waals surface area contributed by atoms with E-state index < -0.39 is 11.7 Å². The maximum absolute atomic E-state index is 13.6. The van der Waals surface area contributed by atoms with Crippen molar-refractivity contribution >= 4 is 29.1 Å². The number of carbonyl (C=O) groups is 1. The van der Waals surface area contributed by atoms with Gasteiger partial charge in [0.15, 0.2) is 0 Å². The Bertz CT molecular complexity index is 869. The summed E-state index contributed by atoms with van der Waals surface area (Å²) in [7, 11) is 0. The smallest absolute Gasteiger partial charge is 0.258 e. The first-order chi connectivity index (χ1) is 12.1. The molecule has 1 amide bonds. The van der Waals surface area contributed by atoms with Gasteiger partial charge in [-0.2, -0.15) is 0 Å². The Morgan fingerprint density at radius 1 is 1.04 bits per heavy atom. The minimum absolute atomic E-state index is 0.109. The van der Waals surface area contributed by atoms with Crippen molar-refractivity contribution in [2.24, 2.45) is 0 Å². The lowest BCUT2D eigenvalue weighted by Crippen LogP contribution is -2.14. The number of carbonyl (C=O) groups excluding carboxylic acids is 1. The van der Waals surface area contributed by atoms with Crippen molar-refractivity contribution in [1.29, 1.82) is 0 Å². The van der Waals surface area contributed by atoms with E-state index in [4.69, 9.17) is 11.6 Å². The molecule has 0 unspecified atom stereocenters. The summed E-state index contributed by atoms with van der Waals surface area (Å²) in [6.07, 6.45) is 2.76. The molecule has 1 aromatic heterocycles. The first kappa shape index (κ1) is 16.9. The second-order valence-corrected chi connectivity index (χ2v) is 5.65. The molecule has 7 heteroatoms. The minimum Gasteiger partial charge on any atom is -0.350 e.